The number of amides is 2. The molecule has 1 aromatic rings. The minimum Gasteiger partial charge on any atom is -0.481 e. The third-order valence-corrected chi connectivity index (χ3v) is 4.69. The second kappa shape index (κ2) is 9.47. The Balaban J connectivity index is 3.48. The third-order valence-electron chi connectivity index (χ3n) is 4.69. The predicted molar refractivity (Wildman–Crippen MR) is 115 cm³/mol. The monoisotopic (exact) mass is 435 g/mol. The number of primary amides is 1. The van der Waals surface area contributed by atoms with Crippen molar-refractivity contribution < 1.29 is 29.0 Å². The molecule has 1 aromatic carbocycles. The fraction of sp³-hybridized carbons (Fsp3) is 0.545. The molecule has 0 heterocycles. The van der Waals surface area contributed by atoms with Gasteiger partial charge < -0.3 is 26.6 Å². The van der Waals surface area contributed by atoms with E-state index in [-0.39, 0.29) is 6.42 Å². The molecule has 0 aliphatic carbocycles. The van der Waals surface area contributed by atoms with Crippen molar-refractivity contribution in [2.45, 2.75) is 65.1 Å². The van der Waals surface area contributed by atoms with Gasteiger partial charge in [0.25, 0.3) is 0 Å². The summed E-state index contributed by atoms with van der Waals surface area (Å²) in [5.74, 6) is -4.88. The Morgan fingerprint density at radius 2 is 1.55 bits per heavy atom. The summed E-state index contributed by atoms with van der Waals surface area (Å²) in [6.07, 6.45) is -1.27. The number of nitrogens with one attached hydrogen (secondary N) is 1. The van der Waals surface area contributed by atoms with Crippen molar-refractivity contribution in [2.75, 3.05) is 0 Å². The summed E-state index contributed by atoms with van der Waals surface area (Å²) in [5, 5.41) is 12.2. The lowest BCUT2D eigenvalue weighted by Gasteiger charge is -2.37. The van der Waals surface area contributed by atoms with E-state index >= 15 is 0 Å². The molecular weight excluding hydrogens is 402 g/mol. The molecule has 0 saturated heterocycles. The molecule has 0 fully saturated rings. The molecule has 9 heteroatoms. The number of Topliss-reactive ketones (excluding diaryl/α,β-unsaturated/α-hetero) is 1. The maximum absolute atomic E-state index is 13.5. The summed E-state index contributed by atoms with van der Waals surface area (Å²) in [6, 6.07) is 6.81. The Morgan fingerprint density at radius 1 is 1.03 bits per heavy atom. The van der Waals surface area contributed by atoms with Crippen molar-refractivity contribution in [3.05, 3.63) is 35.9 Å². The molecule has 31 heavy (non-hydrogen) atoms. The van der Waals surface area contributed by atoms with Crippen molar-refractivity contribution in [1.82, 2.24) is 5.32 Å². The van der Waals surface area contributed by atoms with Gasteiger partial charge in [-0.15, -0.1) is 0 Å². The lowest BCUT2D eigenvalue weighted by atomic mass is 9.71. The third kappa shape index (κ3) is 7.06. The van der Waals surface area contributed by atoms with E-state index in [2.05, 4.69) is 5.32 Å². The minimum atomic E-state index is -2.25. The molecule has 3 atom stereocenters. The highest BCUT2D eigenvalue weighted by Crippen LogP contribution is 2.32. The van der Waals surface area contributed by atoms with E-state index in [1.165, 1.54) is 0 Å². The first-order chi connectivity index (χ1) is 14.0. The maximum Gasteiger partial charge on any atom is 0.408 e. The molecular formula is C22H33N3O6. The van der Waals surface area contributed by atoms with Gasteiger partial charge in [0, 0.05) is 6.42 Å². The van der Waals surface area contributed by atoms with Gasteiger partial charge in [0.2, 0.25) is 5.91 Å². The van der Waals surface area contributed by atoms with Crippen LogP contribution in [0.1, 0.15) is 47.1 Å². The normalized spacial score (nSPS) is 15.8. The van der Waals surface area contributed by atoms with Crippen LogP contribution in [-0.2, 0) is 25.5 Å². The van der Waals surface area contributed by atoms with E-state index in [0.29, 0.717) is 5.56 Å². The topological polar surface area (TPSA) is 162 Å². The van der Waals surface area contributed by atoms with Crippen LogP contribution in [0, 0.1) is 11.3 Å². The zero-order valence-electron chi connectivity index (χ0n) is 18.9. The van der Waals surface area contributed by atoms with Crippen LogP contribution in [0.4, 0.5) is 4.79 Å². The summed E-state index contributed by atoms with van der Waals surface area (Å²) in [6.45, 7) is 9.66. The van der Waals surface area contributed by atoms with Gasteiger partial charge in [0.05, 0.1) is 5.92 Å². The van der Waals surface area contributed by atoms with Gasteiger partial charge in [-0.25, -0.2) is 4.79 Å². The van der Waals surface area contributed by atoms with Crippen LogP contribution in [0.15, 0.2) is 30.3 Å². The van der Waals surface area contributed by atoms with Crippen molar-refractivity contribution in [3.63, 3.8) is 0 Å². The van der Waals surface area contributed by atoms with E-state index in [4.69, 9.17) is 16.2 Å². The van der Waals surface area contributed by atoms with Crippen LogP contribution in [-0.4, -0.2) is 46.0 Å². The summed E-state index contributed by atoms with van der Waals surface area (Å²) in [7, 11) is 0. The van der Waals surface area contributed by atoms with Crippen molar-refractivity contribution >= 4 is 23.8 Å². The van der Waals surface area contributed by atoms with Crippen LogP contribution in [0.2, 0.25) is 0 Å². The summed E-state index contributed by atoms with van der Waals surface area (Å²) >= 11 is 0. The number of benzene rings is 1. The molecule has 0 bridgehead atoms. The van der Waals surface area contributed by atoms with Crippen molar-refractivity contribution in [3.8, 4) is 0 Å². The van der Waals surface area contributed by atoms with Gasteiger partial charge in [-0.2, -0.15) is 0 Å². The number of hydrogen-bond acceptors (Lipinski definition) is 6. The van der Waals surface area contributed by atoms with Gasteiger partial charge >= 0.3 is 12.1 Å². The Kier molecular flexibility index (Phi) is 7.97. The Morgan fingerprint density at radius 3 is 1.94 bits per heavy atom. The van der Waals surface area contributed by atoms with Gasteiger partial charge in [-0.05, 0) is 31.7 Å². The van der Waals surface area contributed by atoms with E-state index < -0.39 is 52.3 Å². The SMILES string of the molecule is CC(C)(C)OC(=O)N[C@H](C(=O)[C@](N)(Cc1ccccc1)C(N)=O)C(C(=O)O)C(C)(C)C. The highest BCUT2D eigenvalue weighted by atomic mass is 16.6. The summed E-state index contributed by atoms with van der Waals surface area (Å²) in [4.78, 5) is 50.4. The standard InChI is InChI=1S/C22H33N3O6/c1-20(2,3)14(17(27)28)15(25-19(30)31-21(4,5)6)16(26)22(24,18(23)29)12-13-10-8-7-9-11-13/h7-11,14-15H,12,24H2,1-6H3,(H2,23,29)(H,25,30)(H,27,28)/t14?,15-,22+/m0/s1. The Hall–Kier alpha value is -2.94. The lowest BCUT2D eigenvalue weighted by Crippen LogP contribution is -2.68. The average molecular weight is 436 g/mol. The smallest absolute Gasteiger partial charge is 0.408 e. The average Bonchev–Trinajstić information content (AvgIpc) is 2.57. The summed E-state index contributed by atoms with van der Waals surface area (Å²) < 4.78 is 5.20. The van der Waals surface area contributed by atoms with Crippen molar-refractivity contribution in [2.24, 2.45) is 22.8 Å². The highest BCUT2D eigenvalue weighted by Gasteiger charge is 2.51. The molecule has 0 radical (unpaired) electrons. The molecule has 0 aliphatic heterocycles. The zero-order valence-corrected chi connectivity index (χ0v) is 18.9. The van der Waals surface area contributed by atoms with Gasteiger partial charge in [-0.1, -0.05) is 51.1 Å². The quantitative estimate of drug-likeness (QED) is 0.451. The fourth-order valence-electron chi connectivity index (χ4n) is 3.24. The second-order valence-corrected chi connectivity index (χ2v) is 9.67. The Labute approximate surface area is 182 Å². The first-order valence-corrected chi connectivity index (χ1v) is 9.88. The van der Waals surface area contributed by atoms with E-state index in [9.17, 15) is 24.3 Å². The minimum absolute atomic E-state index is 0.259. The molecule has 0 aromatic heterocycles. The molecule has 0 aliphatic rings. The van der Waals surface area contributed by atoms with Crippen LogP contribution < -0.4 is 16.8 Å². The number of carboxylic acid groups (broad SMARTS) is 1. The zero-order chi connectivity index (χ0) is 24.2. The van der Waals surface area contributed by atoms with Gasteiger partial charge in [0.1, 0.15) is 11.6 Å². The molecule has 1 rings (SSSR count). The predicted octanol–water partition coefficient (Wildman–Crippen LogP) is 1.62. The van der Waals surface area contributed by atoms with E-state index in [0.717, 1.165) is 0 Å². The molecule has 6 N–H and O–H groups in total. The number of ether oxygens (including phenoxy) is 1. The molecule has 1 unspecified atom stereocenters. The second-order valence-electron chi connectivity index (χ2n) is 9.67. The molecule has 172 valence electrons. The number of carboxylic acids is 1. The number of carbonyl (C=O) groups is 4. The fourth-order valence-corrected chi connectivity index (χ4v) is 3.24. The van der Waals surface area contributed by atoms with Crippen LogP contribution in [0.25, 0.3) is 0 Å². The van der Waals surface area contributed by atoms with E-state index in [1.807, 2.05) is 0 Å². The molecule has 2 amide bonds. The first kappa shape index (κ1) is 26.1. The number of aliphatic carboxylic acids is 1. The Bertz CT molecular complexity index is 826. The summed E-state index contributed by atoms with van der Waals surface area (Å²) in [5.41, 5.74) is 8.12. The molecule has 9 nitrogen and oxygen atoms in total. The molecule has 0 spiro atoms. The number of alkyl carbamates (subject to hydrolysis) is 1. The van der Waals surface area contributed by atoms with Crippen molar-refractivity contribution in [1.29, 1.82) is 0 Å². The highest BCUT2D eigenvalue weighted by molar-refractivity contribution is 6.13. The number of nitrogens with two attached hydrogens (primary N) is 2. The lowest BCUT2D eigenvalue weighted by molar-refractivity contribution is -0.151. The molecule has 0 saturated carbocycles. The van der Waals surface area contributed by atoms with Crippen LogP contribution in [0.5, 0.6) is 0 Å². The number of carbonyl (C=O) groups excluding carboxylic acids is 3. The van der Waals surface area contributed by atoms with Crippen LogP contribution >= 0.6 is 0 Å². The number of hydrogen-bond donors (Lipinski definition) is 4. The number of ketones is 1. The van der Waals surface area contributed by atoms with Gasteiger partial charge in [-0.3, -0.25) is 14.4 Å². The van der Waals surface area contributed by atoms with Gasteiger partial charge in [0.15, 0.2) is 11.3 Å². The first-order valence-electron chi connectivity index (χ1n) is 9.88. The number of rotatable bonds is 8. The largest absolute Gasteiger partial charge is 0.481 e. The van der Waals surface area contributed by atoms with E-state index in [1.54, 1.807) is 71.9 Å². The van der Waals surface area contributed by atoms with Crippen LogP contribution in [0.3, 0.4) is 0 Å². The maximum atomic E-state index is 13.5.